The molecule has 8 nitrogen and oxygen atoms in total. The summed E-state index contributed by atoms with van der Waals surface area (Å²) in [6.07, 6.45) is 2.94. The highest BCUT2D eigenvalue weighted by atomic mass is 16.5. The topological polar surface area (TPSA) is 121 Å². The first-order valence-electron chi connectivity index (χ1n) is 11.5. The summed E-state index contributed by atoms with van der Waals surface area (Å²) < 4.78 is 13.6. The zero-order valence-corrected chi connectivity index (χ0v) is 19.9. The molecule has 0 saturated heterocycles. The summed E-state index contributed by atoms with van der Waals surface area (Å²) in [6.45, 7) is 5.86. The molecule has 0 aliphatic carbocycles. The smallest absolute Gasteiger partial charge is 0.272 e. The van der Waals surface area contributed by atoms with E-state index in [0.717, 1.165) is 0 Å². The molecule has 0 radical (unpaired) electrons. The predicted octanol–water partition coefficient (Wildman–Crippen LogP) is 1.98. The number of rotatable bonds is 5. The molecule has 0 bridgehead atoms. The van der Waals surface area contributed by atoms with Gasteiger partial charge in [0.05, 0.1) is 20.5 Å². The summed E-state index contributed by atoms with van der Waals surface area (Å²) in [4.78, 5) is 50.7. The molecule has 0 unspecified atom stereocenters. The van der Waals surface area contributed by atoms with Crippen LogP contribution >= 0.6 is 0 Å². The first kappa shape index (κ1) is 22.3. The van der Waals surface area contributed by atoms with Crippen molar-refractivity contribution >= 4 is 17.9 Å². The zero-order valence-electron chi connectivity index (χ0n) is 20.9. The lowest BCUT2D eigenvalue weighted by molar-refractivity contribution is 0.103. The second-order valence-electron chi connectivity index (χ2n) is 9.03. The van der Waals surface area contributed by atoms with E-state index < -0.39 is 11.1 Å². The predicted molar refractivity (Wildman–Crippen MR) is 134 cm³/mol. The molecule has 0 saturated carbocycles. The van der Waals surface area contributed by atoms with E-state index in [1.807, 2.05) is 20.8 Å². The minimum Gasteiger partial charge on any atom is -0.497 e. The Morgan fingerprint density at radius 3 is 2.37 bits per heavy atom. The summed E-state index contributed by atoms with van der Waals surface area (Å²) in [5.74, 6) is 0.461. The molecule has 0 aliphatic rings. The van der Waals surface area contributed by atoms with Gasteiger partial charge in [0.2, 0.25) is 0 Å². The SMILES string of the molecule is [2H]/C(c1nc[nH]c1C(C)(C)C)=c1/[nH]c(=O)/c(=C/c2cccc(C(=O)c3ccc(OC)cc3)c2)[nH]c1=O. The first-order valence-corrected chi connectivity index (χ1v) is 11.0. The van der Waals surface area contributed by atoms with E-state index in [2.05, 4.69) is 19.9 Å². The first-order chi connectivity index (χ1) is 17.1. The van der Waals surface area contributed by atoms with Crippen molar-refractivity contribution in [2.24, 2.45) is 0 Å². The molecule has 0 atom stereocenters. The van der Waals surface area contributed by atoms with Crippen molar-refractivity contribution in [2.75, 3.05) is 7.11 Å². The molecule has 2 aromatic heterocycles. The number of nitrogens with zero attached hydrogens (tertiary/aromatic N) is 1. The standard InChI is InChI=1S/C27H26N4O4/c1-27(2,3)24-20(28-15-29-24)14-22-26(34)30-21(25(33)31-22)13-16-6-5-7-18(12-16)23(32)17-8-10-19(35-4)11-9-17/h5-15H,1-4H3,(H,28,29)(H,30,34)(H,31,33)/b21-13-,22-14-/i14D. The van der Waals surface area contributed by atoms with Gasteiger partial charge in [-0.05, 0) is 48.0 Å². The Morgan fingerprint density at radius 1 is 1.00 bits per heavy atom. The van der Waals surface area contributed by atoms with Crippen molar-refractivity contribution in [2.45, 2.75) is 26.2 Å². The van der Waals surface area contributed by atoms with Gasteiger partial charge in [-0.25, -0.2) is 4.98 Å². The zero-order chi connectivity index (χ0) is 26.0. The van der Waals surface area contributed by atoms with Crippen LogP contribution in [-0.4, -0.2) is 32.8 Å². The Labute approximate surface area is 202 Å². The number of H-pyrrole nitrogens is 3. The van der Waals surface area contributed by atoms with Crippen molar-refractivity contribution in [1.29, 1.82) is 0 Å². The Morgan fingerprint density at radius 2 is 1.69 bits per heavy atom. The fourth-order valence-corrected chi connectivity index (χ4v) is 3.59. The van der Waals surface area contributed by atoms with Gasteiger partial charge in [-0.15, -0.1) is 0 Å². The summed E-state index contributed by atoms with van der Waals surface area (Å²) in [7, 11) is 1.55. The summed E-state index contributed by atoms with van der Waals surface area (Å²) in [5.41, 5.74) is 0.919. The van der Waals surface area contributed by atoms with Gasteiger partial charge in [0.15, 0.2) is 5.78 Å². The molecule has 0 aliphatic heterocycles. The highest BCUT2D eigenvalue weighted by molar-refractivity contribution is 6.09. The van der Waals surface area contributed by atoms with Gasteiger partial charge in [-0.2, -0.15) is 0 Å². The summed E-state index contributed by atoms with van der Waals surface area (Å²) in [6, 6.07) is 13.3. The number of hydrogen-bond donors (Lipinski definition) is 3. The van der Waals surface area contributed by atoms with E-state index in [0.29, 0.717) is 33.8 Å². The van der Waals surface area contributed by atoms with E-state index in [9.17, 15) is 14.4 Å². The van der Waals surface area contributed by atoms with Crippen LogP contribution in [0.1, 0.15) is 55.0 Å². The molecular formula is C27H26N4O4. The lowest BCUT2D eigenvalue weighted by Crippen LogP contribution is -2.46. The number of aromatic amines is 3. The van der Waals surface area contributed by atoms with E-state index >= 15 is 0 Å². The average Bonchev–Trinajstić information content (AvgIpc) is 3.36. The molecule has 8 heteroatoms. The Balaban J connectivity index is 1.74. The van der Waals surface area contributed by atoms with Crippen LogP contribution in [0.2, 0.25) is 0 Å². The largest absolute Gasteiger partial charge is 0.497 e. The molecule has 4 rings (SSSR count). The van der Waals surface area contributed by atoms with E-state index in [-0.39, 0.29) is 27.9 Å². The second-order valence-corrected chi connectivity index (χ2v) is 9.03. The van der Waals surface area contributed by atoms with Crippen LogP contribution < -0.4 is 26.6 Å². The molecule has 4 aromatic rings. The number of ether oxygens (including phenoxy) is 1. The van der Waals surface area contributed by atoms with E-state index in [1.165, 1.54) is 12.4 Å². The van der Waals surface area contributed by atoms with Crippen LogP contribution in [0.3, 0.4) is 0 Å². The Kier molecular flexibility index (Phi) is 6.01. The van der Waals surface area contributed by atoms with Crippen molar-refractivity contribution in [3.63, 3.8) is 0 Å². The third-order valence-corrected chi connectivity index (χ3v) is 5.40. The molecule has 2 aromatic carbocycles. The molecular weight excluding hydrogens is 444 g/mol. The van der Waals surface area contributed by atoms with Gasteiger partial charge in [0.1, 0.15) is 16.4 Å². The van der Waals surface area contributed by atoms with Crippen LogP contribution in [0.25, 0.3) is 12.1 Å². The number of carbonyl (C=O) groups is 1. The van der Waals surface area contributed by atoms with Crippen LogP contribution in [-0.2, 0) is 5.41 Å². The highest BCUT2D eigenvalue weighted by Gasteiger charge is 2.19. The normalized spacial score (nSPS) is 13.4. The van der Waals surface area contributed by atoms with Gasteiger partial charge in [0.25, 0.3) is 11.1 Å². The van der Waals surface area contributed by atoms with E-state index in [4.69, 9.17) is 6.11 Å². The average molecular weight is 472 g/mol. The maximum absolute atomic E-state index is 12.9. The molecule has 0 fully saturated rings. The number of methoxy groups -OCH3 is 1. The molecule has 0 spiro atoms. The number of benzene rings is 2. The third-order valence-electron chi connectivity index (χ3n) is 5.40. The van der Waals surface area contributed by atoms with Gasteiger partial charge in [-0.3, -0.25) is 14.4 Å². The molecule has 2 heterocycles. The maximum Gasteiger partial charge on any atom is 0.272 e. The number of nitrogens with one attached hydrogen (secondary N) is 3. The number of aromatic nitrogens is 4. The Bertz CT molecular complexity index is 1670. The van der Waals surface area contributed by atoms with Gasteiger partial charge in [-0.1, -0.05) is 39.0 Å². The van der Waals surface area contributed by atoms with Gasteiger partial charge < -0.3 is 19.7 Å². The number of hydrogen-bond acceptors (Lipinski definition) is 5. The van der Waals surface area contributed by atoms with Crippen molar-refractivity contribution < 1.29 is 10.9 Å². The van der Waals surface area contributed by atoms with Crippen LogP contribution in [0.4, 0.5) is 0 Å². The molecule has 35 heavy (non-hydrogen) atoms. The fourth-order valence-electron chi connectivity index (χ4n) is 3.59. The summed E-state index contributed by atoms with van der Waals surface area (Å²) in [5, 5.41) is -0.179. The lowest BCUT2D eigenvalue weighted by atomic mass is 9.90. The second kappa shape index (κ2) is 9.42. The minimum atomic E-state index is -0.626. The van der Waals surface area contributed by atoms with Gasteiger partial charge >= 0.3 is 0 Å². The number of carbonyl (C=O) groups excluding carboxylic acids is 1. The van der Waals surface area contributed by atoms with Gasteiger partial charge in [0, 0.05) is 22.2 Å². The van der Waals surface area contributed by atoms with Crippen LogP contribution in [0, 0.1) is 0 Å². The minimum absolute atomic E-state index is 0.00340. The summed E-state index contributed by atoms with van der Waals surface area (Å²) >= 11 is 0. The quantitative estimate of drug-likeness (QED) is 0.385. The highest BCUT2D eigenvalue weighted by Crippen LogP contribution is 2.22. The van der Waals surface area contributed by atoms with Crippen molar-refractivity contribution in [3.8, 4) is 5.75 Å². The number of imidazole rings is 1. The van der Waals surface area contributed by atoms with Crippen LogP contribution in [0.5, 0.6) is 5.75 Å². The molecule has 0 amide bonds. The maximum atomic E-state index is 12.9. The Hall–Kier alpha value is -4.46. The third kappa shape index (κ3) is 5.22. The number of ketones is 1. The molecule has 3 N–H and O–H groups in total. The molecule has 178 valence electrons. The monoisotopic (exact) mass is 471 g/mol. The van der Waals surface area contributed by atoms with Crippen molar-refractivity contribution in [3.05, 3.63) is 114 Å². The fraction of sp³-hybridized carbons (Fsp3) is 0.185. The van der Waals surface area contributed by atoms with E-state index in [1.54, 1.807) is 55.6 Å². The van der Waals surface area contributed by atoms with Crippen LogP contribution in [0.15, 0.2) is 64.4 Å². The lowest BCUT2D eigenvalue weighted by Gasteiger charge is -2.16. The van der Waals surface area contributed by atoms with Crippen molar-refractivity contribution in [1.82, 2.24) is 19.9 Å².